The number of phenols is 1. The number of piperidine rings is 1. The van der Waals surface area contributed by atoms with Gasteiger partial charge in [0.25, 0.3) is 12.4 Å². The molecule has 0 aliphatic carbocycles. The third kappa shape index (κ3) is 8.46. The zero-order chi connectivity index (χ0) is 34.6. The standard InChI is InChI=1S/C33H32FN7O4.CH2O2/c1-20-32(23-3-4-24(15-35)27(34)13-23)26(22-5-6-29(45-2)28(42)14-22)19-39-33(20)41-11-9-25(10-12-41)36-16-21-17-37-30(38-18-21)7-8-31(43)40-44;2-1-3/h3-8,13-14,17-19,25,36,42,44H,9-12,16H2,1-2H3,(H,40,43);1H,(H,2,3)/b8-7+;. The number of carbonyl (C=O) groups excluding carboxylic acids is 1. The van der Waals surface area contributed by atoms with Gasteiger partial charge in [0.1, 0.15) is 17.7 Å². The molecule has 0 spiro atoms. The molecule has 4 aromatic rings. The number of aromatic nitrogens is 3. The number of hydroxylamine groups is 1. The van der Waals surface area contributed by atoms with Crippen LogP contribution in [0.5, 0.6) is 11.5 Å². The van der Waals surface area contributed by atoms with Crippen molar-refractivity contribution in [2.75, 3.05) is 25.1 Å². The summed E-state index contributed by atoms with van der Waals surface area (Å²) in [5, 5.41) is 38.7. The van der Waals surface area contributed by atoms with E-state index in [1.165, 1.54) is 30.8 Å². The van der Waals surface area contributed by atoms with Gasteiger partial charge in [-0.2, -0.15) is 5.26 Å². The molecule has 48 heavy (non-hydrogen) atoms. The van der Waals surface area contributed by atoms with Crippen LogP contribution in [-0.4, -0.2) is 69.0 Å². The fourth-order valence-electron chi connectivity index (χ4n) is 5.42. The van der Waals surface area contributed by atoms with Gasteiger partial charge in [-0.15, -0.1) is 0 Å². The van der Waals surface area contributed by atoms with Crippen LogP contribution in [0, 0.1) is 24.1 Å². The van der Waals surface area contributed by atoms with Crippen LogP contribution in [0.15, 0.2) is 61.1 Å². The Morgan fingerprint density at radius 3 is 2.42 bits per heavy atom. The number of nitrogens with zero attached hydrogens (tertiary/aromatic N) is 5. The third-order valence-electron chi connectivity index (χ3n) is 7.77. The maximum atomic E-state index is 14.8. The minimum atomic E-state index is -0.658. The van der Waals surface area contributed by atoms with Crippen molar-refractivity contribution in [3.63, 3.8) is 0 Å². The largest absolute Gasteiger partial charge is 0.504 e. The smallest absolute Gasteiger partial charge is 0.290 e. The molecule has 13 nitrogen and oxygen atoms in total. The van der Waals surface area contributed by atoms with Crippen LogP contribution in [0.2, 0.25) is 0 Å². The number of anilines is 1. The van der Waals surface area contributed by atoms with E-state index in [-0.39, 0.29) is 23.8 Å². The van der Waals surface area contributed by atoms with Crippen LogP contribution in [-0.2, 0) is 16.1 Å². The predicted molar refractivity (Wildman–Crippen MR) is 174 cm³/mol. The first-order chi connectivity index (χ1) is 23.2. The number of carbonyl (C=O) groups is 2. The van der Waals surface area contributed by atoms with E-state index in [1.807, 2.05) is 19.1 Å². The first kappa shape index (κ1) is 35.0. The van der Waals surface area contributed by atoms with E-state index < -0.39 is 11.7 Å². The maximum absolute atomic E-state index is 14.8. The summed E-state index contributed by atoms with van der Waals surface area (Å²) in [5.41, 5.74) is 6.03. The van der Waals surface area contributed by atoms with E-state index in [0.29, 0.717) is 29.2 Å². The Morgan fingerprint density at radius 1 is 1.12 bits per heavy atom. The van der Waals surface area contributed by atoms with Crippen LogP contribution in [0.3, 0.4) is 0 Å². The summed E-state index contributed by atoms with van der Waals surface area (Å²) >= 11 is 0. The number of aromatic hydroxyl groups is 1. The lowest BCUT2D eigenvalue weighted by Crippen LogP contribution is -2.42. The Hall–Kier alpha value is -5.91. The second kappa shape index (κ2) is 16.6. The highest BCUT2D eigenvalue weighted by molar-refractivity contribution is 5.90. The topological polar surface area (TPSA) is 194 Å². The Balaban J connectivity index is 0.00000167. The monoisotopic (exact) mass is 655 g/mol. The molecule has 2 aromatic carbocycles. The maximum Gasteiger partial charge on any atom is 0.290 e. The molecule has 0 radical (unpaired) electrons. The Morgan fingerprint density at radius 2 is 1.81 bits per heavy atom. The number of nitrogens with one attached hydrogen (secondary N) is 2. The molecule has 1 aliphatic rings. The van der Waals surface area contributed by atoms with Crippen LogP contribution in [0.25, 0.3) is 28.3 Å². The number of hydrogen-bond acceptors (Lipinski definition) is 11. The number of hydrogen-bond donors (Lipinski definition) is 5. The Bertz CT molecular complexity index is 1820. The second-order valence-corrected chi connectivity index (χ2v) is 10.7. The SMILES string of the molecule is COc1ccc(-c2cnc(N3CCC(NCc4cnc(/C=C/C(=O)NO)nc4)CC3)c(C)c2-c2ccc(C#N)c(F)c2)cc1O.O=CO. The summed E-state index contributed by atoms with van der Waals surface area (Å²) in [6.07, 6.45) is 9.41. The number of rotatable bonds is 9. The van der Waals surface area contributed by atoms with Crippen LogP contribution in [0.1, 0.15) is 35.4 Å². The number of benzene rings is 2. The minimum Gasteiger partial charge on any atom is -0.504 e. The van der Waals surface area contributed by atoms with Gasteiger partial charge in [0.15, 0.2) is 17.3 Å². The molecule has 1 saturated heterocycles. The van der Waals surface area contributed by atoms with E-state index in [0.717, 1.165) is 60.1 Å². The molecule has 248 valence electrons. The quantitative estimate of drug-likeness (QED) is 0.0747. The van der Waals surface area contributed by atoms with E-state index in [9.17, 15) is 19.6 Å². The second-order valence-electron chi connectivity index (χ2n) is 10.7. The molecular formula is C34H34FN7O6. The van der Waals surface area contributed by atoms with E-state index in [1.54, 1.807) is 36.8 Å². The molecule has 0 bridgehead atoms. The fraction of sp³-hybridized carbons (Fsp3) is 0.235. The highest BCUT2D eigenvalue weighted by Gasteiger charge is 2.24. The number of amides is 1. The highest BCUT2D eigenvalue weighted by atomic mass is 19.1. The fourth-order valence-corrected chi connectivity index (χ4v) is 5.42. The van der Waals surface area contributed by atoms with Crippen molar-refractivity contribution in [3.05, 3.63) is 89.4 Å². The highest BCUT2D eigenvalue weighted by Crippen LogP contribution is 2.41. The predicted octanol–water partition coefficient (Wildman–Crippen LogP) is 4.22. The van der Waals surface area contributed by atoms with Crippen molar-refractivity contribution >= 4 is 24.3 Å². The lowest BCUT2D eigenvalue weighted by Gasteiger charge is -2.34. The first-order valence-electron chi connectivity index (χ1n) is 14.8. The van der Waals surface area contributed by atoms with E-state index in [4.69, 9.17) is 24.8 Å². The molecule has 0 atom stereocenters. The molecule has 3 heterocycles. The number of nitriles is 1. The minimum absolute atomic E-state index is 0.0188. The summed E-state index contributed by atoms with van der Waals surface area (Å²) in [6.45, 7) is 3.80. The normalized spacial score (nSPS) is 12.9. The molecule has 1 fully saturated rings. The molecule has 2 aromatic heterocycles. The number of phenolic OH excluding ortho intramolecular Hbond substituents is 1. The van der Waals surface area contributed by atoms with Gasteiger partial charge in [-0.1, -0.05) is 12.1 Å². The van der Waals surface area contributed by atoms with Gasteiger partial charge in [0.05, 0.1) is 12.7 Å². The Kier molecular flexibility index (Phi) is 12.1. The summed E-state index contributed by atoms with van der Waals surface area (Å²) in [4.78, 5) is 35.0. The van der Waals surface area contributed by atoms with Crippen molar-refractivity contribution in [1.29, 1.82) is 5.26 Å². The third-order valence-corrected chi connectivity index (χ3v) is 7.77. The molecule has 5 rings (SSSR count). The van der Waals surface area contributed by atoms with Gasteiger partial charge in [-0.05, 0) is 66.8 Å². The molecule has 1 amide bonds. The summed E-state index contributed by atoms with van der Waals surface area (Å²) in [5.74, 6) is 0.212. The van der Waals surface area contributed by atoms with Crippen molar-refractivity contribution in [1.82, 2.24) is 25.7 Å². The number of halogens is 1. The molecular weight excluding hydrogens is 621 g/mol. The van der Waals surface area contributed by atoms with Gasteiger partial charge in [-0.25, -0.2) is 24.8 Å². The number of pyridine rings is 1. The van der Waals surface area contributed by atoms with E-state index in [2.05, 4.69) is 20.2 Å². The average Bonchev–Trinajstić information content (AvgIpc) is 3.10. The van der Waals surface area contributed by atoms with Crippen LogP contribution < -0.4 is 20.4 Å². The zero-order valence-corrected chi connectivity index (χ0v) is 26.2. The molecule has 1 aliphatic heterocycles. The van der Waals surface area contributed by atoms with E-state index >= 15 is 0 Å². The van der Waals surface area contributed by atoms with Crippen molar-refractivity contribution in [3.8, 4) is 39.8 Å². The van der Waals surface area contributed by atoms with Gasteiger partial charge >= 0.3 is 0 Å². The molecule has 14 heteroatoms. The van der Waals surface area contributed by atoms with Gasteiger partial charge < -0.3 is 25.2 Å². The molecule has 0 saturated carbocycles. The van der Waals surface area contributed by atoms with Gasteiger partial charge in [0, 0.05) is 67.0 Å². The van der Waals surface area contributed by atoms with Gasteiger partial charge in [-0.3, -0.25) is 14.8 Å². The number of methoxy groups -OCH3 is 1. The summed E-state index contributed by atoms with van der Waals surface area (Å²) < 4.78 is 20.0. The lowest BCUT2D eigenvalue weighted by molar-refractivity contribution is -0.124. The molecule has 5 N–H and O–H groups in total. The Labute approximate surface area is 276 Å². The zero-order valence-electron chi connectivity index (χ0n) is 26.2. The average molecular weight is 656 g/mol. The van der Waals surface area contributed by atoms with Crippen LogP contribution in [0.4, 0.5) is 10.2 Å². The van der Waals surface area contributed by atoms with Crippen molar-refractivity contribution in [2.45, 2.75) is 32.4 Å². The van der Waals surface area contributed by atoms with Gasteiger partial charge in [0.2, 0.25) is 0 Å². The summed E-state index contributed by atoms with van der Waals surface area (Å²) in [7, 11) is 1.48. The molecule has 0 unspecified atom stereocenters. The van der Waals surface area contributed by atoms with Crippen molar-refractivity contribution in [2.24, 2.45) is 0 Å². The number of carboxylic acid groups (broad SMARTS) is 1. The number of ether oxygens (including phenoxy) is 1. The van der Waals surface area contributed by atoms with Crippen molar-refractivity contribution < 1.29 is 34.1 Å². The first-order valence-corrected chi connectivity index (χ1v) is 14.8. The lowest BCUT2D eigenvalue weighted by atomic mass is 9.91. The summed E-state index contributed by atoms with van der Waals surface area (Å²) in [6, 6.07) is 11.8. The van der Waals surface area contributed by atoms with Crippen LogP contribution >= 0.6 is 0 Å².